The second-order valence-electron chi connectivity index (χ2n) is 7.40. The minimum Gasteiger partial charge on any atom is -0.495 e. The Bertz CT molecular complexity index is 1570. The molecule has 0 saturated heterocycles. The lowest BCUT2D eigenvalue weighted by molar-refractivity contribution is 0.415. The lowest BCUT2D eigenvalue weighted by Gasteiger charge is -2.15. The highest BCUT2D eigenvalue weighted by atomic mass is 32.2. The predicted octanol–water partition coefficient (Wildman–Crippen LogP) is 3.80. The first-order chi connectivity index (χ1) is 16.2. The molecule has 0 unspecified atom stereocenters. The number of benzene rings is 2. The number of anilines is 1. The predicted molar refractivity (Wildman–Crippen MR) is 136 cm³/mol. The molecule has 0 amide bonds. The third kappa shape index (κ3) is 5.36. The highest BCUT2D eigenvalue weighted by Gasteiger charge is 2.15. The molecular formula is C24H21N3O5S2. The van der Waals surface area contributed by atoms with Crippen LogP contribution in [0.25, 0.3) is 28.3 Å². The third-order valence-corrected chi connectivity index (χ3v) is 6.37. The van der Waals surface area contributed by atoms with Gasteiger partial charge in [0, 0.05) is 34.0 Å². The van der Waals surface area contributed by atoms with Gasteiger partial charge in [0.2, 0.25) is 10.0 Å². The quantitative estimate of drug-likeness (QED) is 0.379. The van der Waals surface area contributed by atoms with Gasteiger partial charge in [0.05, 0.1) is 19.1 Å². The molecule has 2 aromatic carbocycles. The number of rotatable bonds is 7. The van der Waals surface area contributed by atoms with E-state index >= 15 is 0 Å². The summed E-state index contributed by atoms with van der Waals surface area (Å²) in [5, 5.41) is 1.95. The van der Waals surface area contributed by atoms with Gasteiger partial charge in [-0.2, -0.15) is 0 Å². The molecule has 0 fully saturated rings. The number of H-pyrrole nitrogens is 1. The Balaban J connectivity index is 1.80. The van der Waals surface area contributed by atoms with Crippen LogP contribution < -0.4 is 20.7 Å². The molecule has 0 aliphatic heterocycles. The van der Waals surface area contributed by atoms with Gasteiger partial charge in [-0.1, -0.05) is 30.4 Å². The molecule has 4 rings (SSSR count). The lowest BCUT2D eigenvalue weighted by atomic mass is 10.0. The van der Waals surface area contributed by atoms with E-state index in [4.69, 9.17) is 4.74 Å². The minimum absolute atomic E-state index is 0.469. The van der Waals surface area contributed by atoms with Crippen LogP contribution in [-0.4, -0.2) is 31.3 Å². The summed E-state index contributed by atoms with van der Waals surface area (Å²) in [7, 11) is -1.77. The van der Waals surface area contributed by atoms with Crippen molar-refractivity contribution in [2.75, 3.05) is 18.1 Å². The van der Waals surface area contributed by atoms with E-state index in [1.165, 1.54) is 28.2 Å². The van der Waals surface area contributed by atoms with Crippen molar-refractivity contribution >= 4 is 39.2 Å². The van der Waals surface area contributed by atoms with Crippen molar-refractivity contribution in [1.29, 1.82) is 0 Å². The van der Waals surface area contributed by atoms with Crippen LogP contribution in [0.2, 0.25) is 0 Å². The minimum atomic E-state index is -3.35. The summed E-state index contributed by atoms with van der Waals surface area (Å²) in [5.74, 6) is 0.635. The molecule has 174 valence electrons. The molecule has 0 saturated carbocycles. The largest absolute Gasteiger partial charge is 0.495 e. The number of aromatic amines is 1. The third-order valence-electron chi connectivity index (χ3n) is 4.86. The fraction of sp³-hybridized carbons (Fsp3) is 0.0833. The van der Waals surface area contributed by atoms with Crippen LogP contribution in [0.5, 0.6) is 5.75 Å². The fourth-order valence-corrected chi connectivity index (χ4v) is 4.73. The number of ether oxygens (including phenoxy) is 1. The first-order valence-electron chi connectivity index (χ1n) is 10.1. The maximum absolute atomic E-state index is 12.4. The Morgan fingerprint density at radius 1 is 1.06 bits per heavy atom. The molecule has 0 spiro atoms. The van der Waals surface area contributed by atoms with E-state index < -0.39 is 21.3 Å². The molecule has 0 atom stereocenters. The topological polar surface area (TPSA) is 110 Å². The molecule has 2 N–H and O–H groups in total. The van der Waals surface area contributed by atoms with Gasteiger partial charge in [0.25, 0.3) is 5.56 Å². The summed E-state index contributed by atoms with van der Waals surface area (Å²) in [6, 6.07) is 15.7. The van der Waals surface area contributed by atoms with Crippen molar-refractivity contribution in [2.45, 2.75) is 0 Å². The van der Waals surface area contributed by atoms with Gasteiger partial charge < -0.3 is 4.74 Å². The molecule has 2 heterocycles. The number of sulfonamides is 1. The second-order valence-corrected chi connectivity index (χ2v) is 10.1. The van der Waals surface area contributed by atoms with Crippen molar-refractivity contribution in [1.82, 2.24) is 9.55 Å². The SMILES string of the molecule is COc1c(C=Cc2ccc(NS(C)(=O)=O)cc2)cc(-n2ccc(=O)[nH]c2=O)cc1-c1cccs1. The molecule has 10 heteroatoms. The van der Waals surface area contributed by atoms with Gasteiger partial charge in [0.15, 0.2) is 0 Å². The summed E-state index contributed by atoms with van der Waals surface area (Å²) < 4.78 is 32.3. The first-order valence-corrected chi connectivity index (χ1v) is 12.8. The van der Waals surface area contributed by atoms with Gasteiger partial charge in [-0.15, -0.1) is 11.3 Å². The average Bonchev–Trinajstić information content (AvgIpc) is 3.32. The first kappa shape index (κ1) is 23.3. The maximum atomic E-state index is 12.4. The Labute approximate surface area is 199 Å². The van der Waals surface area contributed by atoms with E-state index in [9.17, 15) is 18.0 Å². The summed E-state index contributed by atoms with van der Waals surface area (Å²) in [6.45, 7) is 0. The van der Waals surface area contributed by atoms with Gasteiger partial charge >= 0.3 is 5.69 Å². The number of thiophene rings is 1. The van der Waals surface area contributed by atoms with Crippen LogP contribution >= 0.6 is 11.3 Å². The molecular weight excluding hydrogens is 474 g/mol. The summed E-state index contributed by atoms with van der Waals surface area (Å²) in [4.78, 5) is 27.2. The van der Waals surface area contributed by atoms with Crippen molar-refractivity contribution in [2.24, 2.45) is 0 Å². The van der Waals surface area contributed by atoms with E-state index in [1.54, 1.807) is 37.4 Å². The van der Waals surface area contributed by atoms with Crippen LogP contribution in [0.15, 0.2) is 75.8 Å². The van der Waals surface area contributed by atoms with Crippen LogP contribution in [-0.2, 0) is 10.0 Å². The Morgan fingerprint density at radius 2 is 1.82 bits per heavy atom. The zero-order valence-corrected chi connectivity index (χ0v) is 19.9. The van der Waals surface area contributed by atoms with Crippen LogP contribution in [0.3, 0.4) is 0 Å². The van der Waals surface area contributed by atoms with Gasteiger partial charge in [0.1, 0.15) is 5.75 Å². The Morgan fingerprint density at radius 3 is 2.44 bits per heavy atom. The number of hydrogen-bond donors (Lipinski definition) is 2. The summed E-state index contributed by atoms with van der Waals surface area (Å²) >= 11 is 1.54. The summed E-state index contributed by atoms with van der Waals surface area (Å²) in [5.41, 5.74) is 2.39. The molecule has 2 aromatic heterocycles. The molecule has 0 bridgehead atoms. The number of methoxy groups -OCH3 is 1. The average molecular weight is 496 g/mol. The highest BCUT2D eigenvalue weighted by Crippen LogP contribution is 2.38. The van der Waals surface area contributed by atoms with Crippen LogP contribution in [0.4, 0.5) is 5.69 Å². The second kappa shape index (κ2) is 9.54. The standard InChI is InChI=1S/C24H21N3O5S2/c1-32-23-17(8-5-16-6-9-18(10-7-16)26-34(2,30)31)14-19(15-20(23)21-4-3-13-33-21)27-12-11-22(28)25-24(27)29/h3-15,26H,1-2H3,(H,25,28,29). The van der Waals surface area contributed by atoms with Crippen LogP contribution in [0.1, 0.15) is 11.1 Å². The van der Waals surface area contributed by atoms with Crippen molar-refractivity contribution in [3.05, 3.63) is 98.1 Å². The molecule has 4 aromatic rings. The van der Waals surface area contributed by atoms with Crippen molar-refractivity contribution in [3.63, 3.8) is 0 Å². The maximum Gasteiger partial charge on any atom is 0.332 e. The molecule has 0 aliphatic carbocycles. The number of nitrogens with zero attached hydrogens (tertiary/aromatic N) is 1. The fourth-order valence-electron chi connectivity index (χ4n) is 3.42. The zero-order valence-electron chi connectivity index (χ0n) is 18.3. The molecule has 34 heavy (non-hydrogen) atoms. The van der Waals surface area contributed by atoms with Crippen molar-refractivity contribution < 1.29 is 13.2 Å². The number of hydrogen-bond acceptors (Lipinski definition) is 6. The Kier molecular flexibility index (Phi) is 6.53. The van der Waals surface area contributed by atoms with E-state index in [-0.39, 0.29) is 0 Å². The molecule has 0 radical (unpaired) electrons. The molecule has 8 nitrogen and oxygen atoms in total. The van der Waals surface area contributed by atoms with Gasteiger partial charge in [-0.3, -0.25) is 19.1 Å². The monoisotopic (exact) mass is 495 g/mol. The smallest absolute Gasteiger partial charge is 0.332 e. The van der Waals surface area contributed by atoms with Crippen LogP contribution in [0, 0.1) is 0 Å². The lowest BCUT2D eigenvalue weighted by Crippen LogP contribution is -2.27. The van der Waals surface area contributed by atoms with Crippen molar-refractivity contribution in [3.8, 4) is 21.9 Å². The normalized spacial score (nSPS) is 11.6. The zero-order chi connectivity index (χ0) is 24.3. The highest BCUT2D eigenvalue weighted by molar-refractivity contribution is 7.92. The number of nitrogens with one attached hydrogen (secondary N) is 2. The van der Waals surface area contributed by atoms with E-state index in [0.29, 0.717) is 17.1 Å². The summed E-state index contributed by atoms with van der Waals surface area (Å²) in [6.07, 6.45) is 6.25. The van der Waals surface area contributed by atoms with Gasteiger partial charge in [-0.05, 0) is 41.3 Å². The van der Waals surface area contributed by atoms with E-state index in [1.807, 2.05) is 35.7 Å². The molecule has 0 aliphatic rings. The van der Waals surface area contributed by atoms with E-state index in [0.717, 1.165) is 27.8 Å². The Hall–Kier alpha value is -3.89. The van der Waals surface area contributed by atoms with Gasteiger partial charge in [-0.25, -0.2) is 13.2 Å². The van der Waals surface area contributed by atoms with E-state index in [2.05, 4.69) is 9.71 Å². The number of aromatic nitrogens is 2.